The molecule has 0 aromatic heterocycles. The lowest BCUT2D eigenvalue weighted by Crippen LogP contribution is -2.41. The van der Waals surface area contributed by atoms with E-state index >= 15 is 0 Å². The van der Waals surface area contributed by atoms with Gasteiger partial charge in [0, 0.05) is 15.5 Å². The number of nitrogens with two attached hydrogens (primary N) is 1. The van der Waals surface area contributed by atoms with Crippen molar-refractivity contribution >= 4 is 22.6 Å². The second-order valence-electron chi connectivity index (χ2n) is 3.84. The number of benzene rings is 1. The minimum absolute atomic E-state index is 0.324. The van der Waals surface area contributed by atoms with Crippen LogP contribution in [0, 0.1) is 3.57 Å². The number of hydrogen-bond donors (Lipinski definition) is 1. The van der Waals surface area contributed by atoms with Gasteiger partial charge < -0.3 is 5.73 Å². The fourth-order valence-corrected chi connectivity index (χ4v) is 2.38. The van der Waals surface area contributed by atoms with Gasteiger partial charge in [-0.25, -0.2) is 0 Å². The Kier molecular flexibility index (Phi) is 2.60. The molecule has 1 aromatic rings. The van der Waals surface area contributed by atoms with Gasteiger partial charge >= 0.3 is 0 Å². The first-order valence-corrected chi connectivity index (χ1v) is 5.81. The monoisotopic (exact) mass is 287 g/mol. The van der Waals surface area contributed by atoms with Crippen LogP contribution in [0.3, 0.4) is 0 Å². The first-order chi connectivity index (χ1) is 6.27. The third kappa shape index (κ3) is 1.62. The summed E-state index contributed by atoms with van der Waals surface area (Å²) >= 11 is 2.34. The Labute approximate surface area is 92.9 Å². The van der Waals surface area contributed by atoms with Gasteiger partial charge in [0.2, 0.25) is 0 Å². The van der Waals surface area contributed by atoms with Gasteiger partial charge in [0.15, 0.2) is 0 Å². The van der Waals surface area contributed by atoms with Gasteiger partial charge in [-0.1, -0.05) is 18.6 Å². The van der Waals surface area contributed by atoms with Crippen molar-refractivity contribution in [1.29, 1.82) is 0 Å². The van der Waals surface area contributed by atoms with E-state index in [9.17, 15) is 0 Å². The zero-order valence-electron chi connectivity index (χ0n) is 7.59. The molecule has 0 radical (unpaired) electrons. The van der Waals surface area contributed by atoms with Crippen molar-refractivity contribution in [2.75, 3.05) is 6.54 Å². The van der Waals surface area contributed by atoms with Crippen molar-refractivity contribution in [2.45, 2.75) is 24.7 Å². The largest absolute Gasteiger partial charge is 0.330 e. The van der Waals surface area contributed by atoms with E-state index in [1.54, 1.807) is 0 Å². The van der Waals surface area contributed by atoms with E-state index in [1.807, 2.05) is 0 Å². The van der Waals surface area contributed by atoms with Crippen molar-refractivity contribution < 1.29 is 0 Å². The molecule has 0 bridgehead atoms. The fraction of sp³-hybridized carbons (Fsp3) is 0.455. The molecule has 0 heterocycles. The lowest BCUT2D eigenvalue weighted by Gasteiger charge is -2.41. The highest BCUT2D eigenvalue weighted by molar-refractivity contribution is 14.1. The Morgan fingerprint density at radius 1 is 1.23 bits per heavy atom. The molecular formula is C11H14IN. The van der Waals surface area contributed by atoms with Crippen LogP contribution in [0.2, 0.25) is 0 Å². The number of rotatable bonds is 2. The van der Waals surface area contributed by atoms with Gasteiger partial charge in [0.1, 0.15) is 0 Å². The van der Waals surface area contributed by atoms with E-state index in [0.717, 1.165) is 6.54 Å². The van der Waals surface area contributed by atoms with E-state index in [2.05, 4.69) is 46.9 Å². The predicted octanol–water partition coefficient (Wildman–Crippen LogP) is 2.67. The zero-order chi connectivity index (χ0) is 9.31. The maximum absolute atomic E-state index is 5.84. The van der Waals surface area contributed by atoms with Crippen molar-refractivity contribution in [3.8, 4) is 0 Å². The summed E-state index contributed by atoms with van der Waals surface area (Å²) in [7, 11) is 0. The lowest BCUT2D eigenvalue weighted by molar-refractivity contribution is 0.253. The SMILES string of the molecule is NCC1(c2ccc(I)cc2)CCC1. The summed E-state index contributed by atoms with van der Waals surface area (Å²) < 4.78 is 1.30. The Morgan fingerprint density at radius 2 is 1.85 bits per heavy atom. The second kappa shape index (κ2) is 3.58. The molecule has 2 N–H and O–H groups in total. The summed E-state index contributed by atoms with van der Waals surface area (Å²) in [6, 6.07) is 8.80. The van der Waals surface area contributed by atoms with Crippen LogP contribution < -0.4 is 5.73 Å². The summed E-state index contributed by atoms with van der Waals surface area (Å²) in [5.41, 5.74) is 7.59. The van der Waals surface area contributed by atoms with Crippen LogP contribution in [-0.2, 0) is 5.41 Å². The van der Waals surface area contributed by atoms with E-state index in [4.69, 9.17) is 5.73 Å². The Balaban J connectivity index is 2.28. The molecule has 1 fully saturated rings. The van der Waals surface area contributed by atoms with Gasteiger partial charge in [-0.2, -0.15) is 0 Å². The van der Waals surface area contributed by atoms with Crippen LogP contribution in [-0.4, -0.2) is 6.54 Å². The molecule has 2 heteroatoms. The highest BCUT2D eigenvalue weighted by Crippen LogP contribution is 2.42. The second-order valence-corrected chi connectivity index (χ2v) is 5.09. The predicted molar refractivity (Wildman–Crippen MR) is 63.7 cm³/mol. The molecule has 2 rings (SSSR count). The molecule has 13 heavy (non-hydrogen) atoms. The van der Waals surface area contributed by atoms with E-state index in [0.29, 0.717) is 5.41 Å². The molecule has 1 aliphatic carbocycles. The van der Waals surface area contributed by atoms with Crippen LogP contribution in [0.4, 0.5) is 0 Å². The van der Waals surface area contributed by atoms with Gasteiger partial charge in [-0.15, -0.1) is 0 Å². The van der Waals surface area contributed by atoms with Crippen LogP contribution in [0.1, 0.15) is 24.8 Å². The normalized spacial score (nSPS) is 19.5. The summed E-state index contributed by atoms with van der Waals surface area (Å²) in [4.78, 5) is 0. The van der Waals surface area contributed by atoms with Gasteiger partial charge in [0.05, 0.1) is 0 Å². The molecule has 0 atom stereocenters. The molecule has 0 spiro atoms. The Morgan fingerprint density at radius 3 is 2.23 bits per heavy atom. The minimum Gasteiger partial charge on any atom is -0.330 e. The van der Waals surface area contributed by atoms with Crippen LogP contribution in [0.25, 0.3) is 0 Å². The minimum atomic E-state index is 0.324. The van der Waals surface area contributed by atoms with Crippen molar-refractivity contribution in [1.82, 2.24) is 0 Å². The van der Waals surface area contributed by atoms with E-state index < -0.39 is 0 Å². The highest BCUT2D eigenvalue weighted by Gasteiger charge is 2.36. The molecule has 0 amide bonds. The lowest BCUT2D eigenvalue weighted by atomic mass is 9.64. The maximum Gasteiger partial charge on any atom is 0.0130 e. The van der Waals surface area contributed by atoms with Gasteiger partial charge in [-0.05, 0) is 53.1 Å². The molecule has 0 saturated heterocycles. The molecule has 0 unspecified atom stereocenters. The maximum atomic E-state index is 5.84. The fourth-order valence-electron chi connectivity index (χ4n) is 2.02. The number of hydrogen-bond acceptors (Lipinski definition) is 1. The van der Waals surface area contributed by atoms with Crippen LogP contribution in [0.5, 0.6) is 0 Å². The highest BCUT2D eigenvalue weighted by atomic mass is 127. The standard InChI is InChI=1S/C11H14IN/c12-10-4-2-9(3-5-10)11(8-13)6-1-7-11/h2-5H,1,6-8,13H2. The van der Waals surface area contributed by atoms with Crippen molar-refractivity contribution in [3.05, 3.63) is 33.4 Å². The quantitative estimate of drug-likeness (QED) is 0.831. The summed E-state index contributed by atoms with van der Waals surface area (Å²) in [6.45, 7) is 0.799. The zero-order valence-corrected chi connectivity index (χ0v) is 9.75. The smallest absolute Gasteiger partial charge is 0.0130 e. The van der Waals surface area contributed by atoms with Crippen molar-refractivity contribution in [3.63, 3.8) is 0 Å². The summed E-state index contributed by atoms with van der Waals surface area (Å²) in [5, 5.41) is 0. The topological polar surface area (TPSA) is 26.0 Å². The van der Waals surface area contributed by atoms with Gasteiger partial charge in [0.25, 0.3) is 0 Å². The molecule has 1 aliphatic rings. The molecule has 1 aromatic carbocycles. The first-order valence-electron chi connectivity index (χ1n) is 4.73. The average Bonchev–Trinajstić information content (AvgIpc) is 2.07. The van der Waals surface area contributed by atoms with Crippen molar-refractivity contribution in [2.24, 2.45) is 5.73 Å². The third-order valence-corrected chi connectivity index (χ3v) is 3.88. The van der Waals surface area contributed by atoms with E-state index in [1.165, 1.54) is 28.4 Å². The summed E-state index contributed by atoms with van der Waals surface area (Å²) in [6.07, 6.45) is 3.87. The molecule has 1 saturated carbocycles. The number of halogens is 1. The summed E-state index contributed by atoms with van der Waals surface area (Å²) in [5.74, 6) is 0. The van der Waals surface area contributed by atoms with Crippen LogP contribution >= 0.6 is 22.6 Å². The molecule has 0 aliphatic heterocycles. The average molecular weight is 287 g/mol. The Hall–Kier alpha value is -0.0900. The van der Waals surface area contributed by atoms with Gasteiger partial charge in [-0.3, -0.25) is 0 Å². The van der Waals surface area contributed by atoms with E-state index in [-0.39, 0.29) is 0 Å². The molecule has 70 valence electrons. The Bertz CT molecular complexity index is 282. The first kappa shape index (κ1) is 9.46. The molecular weight excluding hydrogens is 273 g/mol. The third-order valence-electron chi connectivity index (χ3n) is 3.16. The molecule has 1 nitrogen and oxygen atoms in total. The van der Waals surface area contributed by atoms with Crippen LogP contribution in [0.15, 0.2) is 24.3 Å².